The normalized spacial score (nSPS) is 10.9. The van der Waals surface area contributed by atoms with Crippen LogP contribution in [-0.2, 0) is 14.8 Å². The number of methoxy groups -OCH3 is 2. The van der Waals surface area contributed by atoms with Gasteiger partial charge in [0, 0.05) is 12.6 Å². The largest absolute Gasteiger partial charge is 0.497 e. The molecule has 0 heterocycles. The minimum absolute atomic E-state index is 0.170. The number of hydrogen-bond donors (Lipinski definition) is 1. The van der Waals surface area contributed by atoms with Crippen LogP contribution in [0.1, 0.15) is 6.42 Å². The van der Waals surface area contributed by atoms with Crippen molar-refractivity contribution in [2.75, 3.05) is 31.3 Å². The highest BCUT2D eigenvalue weighted by atomic mass is 32.2. The molecular formula is C12H17NO6S. The molecule has 0 spiro atoms. The van der Waals surface area contributed by atoms with Crippen molar-refractivity contribution in [1.82, 2.24) is 0 Å². The highest BCUT2D eigenvalue weighted by Gasteiger charge is 2.22. The average Bonchev–Trinajstić information content (AvgIpc) is 2.37. The molecule has 0 amide bonds. The Bertz CT molecular complexity index is 584. The molecule has 1 rings (SSSR count). The van der Waals surface area contributed by atoms with Gasteiger partial charge in [-0.1, -0.05) is 0 Å². The van der Waals surface area contributed by atoms with Gasteiger partial charge in [0.25, 0.3) is 0 Å². The molecule has 1 N–H and O–H groups in total. The first-order valence-corrected chi connectivity index (χ1v) is 7.56. The van der Waals surface area contributed by atoms with Gasteiger partial charge in [0.15, 0.2) is 0 Å². The third kappa shape index (κ3) is 4.02. The molecule has 0 atom stereocenters. The summed E-state index contributed by atoms with van der Waals surface area (Å²) in [6.45, 7) is -0.170. The molecule has 0 unspecified atom stereocenters. The predicted molar refractivity (Wildman–Crippen MR) is 74.0 cm³/mol. The summed E-state index contributed by atoms with van der Waals surface area (Å²) in [5.41, 5.74) is 0.275. The molecule has 0 aromatic heterocycles. The van der Waals surface area contributed by atoms with Gasteiger partial charge in [-0.2, -0.15) is 0 Å². The third-order valence-corrected chi connectivity index (χ3v) is 3.76. The van der Waals surface area contributed by atoms with Crippen molar-refractivity contribution in [3.63, 3.8) is 0 Å². The summed E-state index contributed by atoms with van der Waals surface area (Å²) >= 11 is 0. The van der Waals surface area contributed by atoms with Crippen LogP contribution in [0, 0.1) is 0 Å². The van der Waals surface area contributed by atoms with Crippen molar-refractivity contribution >= 4 is 21.7 Å². The van der Waals surface area contributed by atoms with Crippen molar-refractivity contribution in [3.8, 4) is 11.5 Å². The number of carboxylic acids is 1. The SMILES string of the molecule is COc1ccc(N(CCC(=O)O)S(C)(=O)=O)c(OC)c1. The first-order chi connectivity index (χ1) is 9.29. The lowest BCUT2D eigenvalue weighted by Gasteiger charge is -2.23. The van der Waals surface area contributed by atoms with E-state index in [-0.39, 0.29) is 18.7 Å². The smallest absolute Gasteiger partial charge is 0.305 e. The Labute approximate surface area is 117 Å². The van der Waals surface area contributed by atoms with Crippen LogP contribution in [0.4, 0.5) is 5.69 Å². The Morgan fingerprint density at radius 2 is 1.95 bits per heavy atom. The molecule has 0 aliphatic rings. The molecule has 8 heteroatoms. The van der Waals surface area contributed by atoms with Crippen LogP contribution in [0.2, 0.25) is 0 Å². The minimum atomic E-state index is -3.62. The third-order valence-electron chi connectivity index (χ3n) is 2.58. The van der Waals surface area contributed by atoms with Crippen molar-refractivity contribution in [3.05, 3.63) is 18.2 Å². The first kappa shape index (κ1) is 16.1. The molecule has 112 valence electrons. The number of ether oxygens (including phenoxy) is 2. The fraction of sp³-hybridized carbons (Fsp3) is 0.417. The molecule has 0 aliphatic heterocycles. The van der Waals surface area contributed by atoms with E-state index in [1.807, 2.05) is 0 Å². The zero-order chi connectivity index (χ0) is 15.3. The maximum absolute atomic E-state index is 11.8. The summed E-state index contributed by atoms with van der Waals surface area (Å²) < 4.78 is 34.8. The van der Waals surface area contributed by atoms with E-state index in [0.717, 1.165) is 10.6 Å². The summed E-state index contributed by atoms with van der Waals surface area (Å²) in [6.07, 6.45) is 0.709. The van der Waals surface area contributed by atoms with Gasteiger partial charge in [0.05, 0.1) is 32.6 Å². The zero-order valence-corrected chi connectivity index (χ0v) is 12.3. The molecule has 0 bridgehead atoms. The minimum Gasteiger partial charge on any atom is -0.497 e. The van der Waals surface area contributed by atoms with Crippen LogP contribution in [0.15, 0.2) is 18.2 Å². The van der Waals surface area contributed by atoms with Crippen LogP contribution in [0.25, 0.3) is 0 Å². The number of carboxylic acid groups (broad SMARTS) is 1. The Kier molecular flexibility index (Phi) is 5.20. The van der Waals surface area contributed by atoms with E-state index in [1.165, 1.54) is 26.4 Å². The topological polar surface area (TPSA) is 93.1 Å². The summed E-state index contributed by atoms with van der Waals surface area (Å²) in [6, 6.07) is 4.63. The molecule has 0 saturated heterocycles. The first-order valence-electron chi connectivity index (χ1n) is 5.71. The molecule has 0 radical (unpaired) electrons. The number of sulfonamides is 1. The van der Waals surface area contributed by atoms with Crippen LogP contribution in [0.3, 0.4) is 0 Å². The van der Waals surface area contributed by atoms with Gasteiger partial charge < -0.3 is 14.6 Å². The second-order valence-corrected chi connectivity index (χ2v) is 5.92. The van der Waals surface area contributed by atoms with Crippen molar-refractivity contribution in [2.24, 2.45) is 0 Å². The molecule has 7 nitrogen and oxygen atoms in total. The maximum atomic E-state index is 11.8. The lowest BCUT2D eigenvalue weighted by molar-refractivity contribution is -0.136. The molecule has 0 aliphatic carbocycles. The monoisotopic (exact) mass is 303 g/mol. The van der Waals surface area contributed by atoms with E-state index in [1.54, 1.807) is 6.07 Å². The summed E-state index contributed by atoms with van der Waals surface area (Å²) in [7, 11) is -0.739. The molecule has 1 aromatic carbocycles. The number of benzene rings is 1. The van der Waals surface area contributed by atoms with E-state index >= 15 is 0 Å². The van der Waals surface area contributed by atoms with E-state index in [4.69, 9.17) is 14.6 Å². The van der Waals surface area contributed by atoms with Gasteiger partial charge in [-0.3, -0.25) is 9.10 Å². The summed E-state index contributed by atoms with van der Waals surface area (Å²) in [5, 5.41) is 8.71. The fourth-order valence-electron chi connectivity index (χ4n) is 1.65. The van der Waals surface area contributed by atoms with Gasteiger partial charge in [-0.25, -0.2) is 8.42 Å². The zero-order valence-electron chi connectivity index (χ0n) is 11.5. The Morgan fingerprint density at radius 1 is 1.30 bits per heavy atom. The van der Waals surface area contributed by atoms with Gasteiger partial charge in [-0.05, 0) is 12.1 Å². The molecule has 0 saturated carbocycles. The van der Waals surface area contributed by atoms with Crippen molar-refractivity contribution < 1.29 is 27.8 Å². The Balaban J connectivity index is 3.23. The molecular weight excluding hydrogens is 286 g/mol. The lowest BCUT2D eigenvalue weighted by Crippen LogP contribution is -2.32. The predicted octanol–water partition coefficient (Wildman–Crippen LogP) is 0.944. The van der Waals surface area contributed by atoms with E-state index < -0.39 is 16.0 Å². The second kappa shape index (κ2) is 6.47. The quantitative estimate of drug-likeness (QED) is 0.806. The molecule has 0 fully saturated rings. The number of carbonyl (C=O) groups is 1. The van der Waals surface area contributed by atoms with E-state index in [9.17, 15) is 13.2 Å². The number of aliphatic carboxylic acids is 1. The molecule has 20 heavy (non-hydrogen) atoms. The number of hydrogen-bond acceptors (Lipinski definition) is 5. The average molecular weight is 303 g/mol. The highest BCUT2D eigenvalue weighted by Crippen LogP contribution is 2.33. The van der Waals surface area contributed by atoms with Gasteiger partial charge >= 0.3 is 5.97 Å². The van der Waals surface area contributed by atoms with Crippen LogP contribution in [0.5, 0.6) is 11.5 Å². The number of rotatable bonds is 7. The Hall–Kier alpha value is -1.96. The van der Waals surface area contributed by atoms with Gasteiger partial charge in [-0.15, -0.1) is 0 Å². The van der Waals surface area contributed by atoms with Crippen molar-refractivity contribution in [1.29, 1.82) is 0 Å². The van der Waals surface area contributed by atoms with Crippen LogP contribution < -0.4 is 13.8 Å². The van der Waals surface area contributed by atoms with Gasteiger partial charge in [0.2, 0.25) is 10.0 Å². The lowest BCUT2D eigenvalue weighted by atomic mass is 10.2. The fourth-order valence-corrected chi connectivity index (χ4v) is 2.58. The van der Waals surface area contributed by atoms with Crippen LogP contribution in [-0.4, -0.2) is 46.5 Å². The number of nitrogens with zero attached hydrogens (tertiary/aromatic N) is 1. The second-order valence-electron chi connectivity index (χ2n) is 4.02. The summed E-state index contributed by atoms with van der Waals surface area (Å²) in [4.78, 5) is 10.6. The maximum Gasteiger partial charge on any atom is 0.305 e. The molecule has 1 aromatic rings. The highest BCUT2D eigenvalue weighted by molar-refractivity contribution is 7.92. The van der Waals surface area contributed by atoms with Crippen molar-refractivity contribution in [2.45, 2.75) is 6.42 Å². The van der Waals surface area contributed by atoms with E-state index in [2.05, 4.69) is 0 Å². The summed E-state index contributed by atoms with van der Waals surface area (Å²) in [5.74, 6) is -0.274. The number of anilines is 1. The van der Waals surface area contributed by atoms with Crippen LogP contribution >= 0.6 is 0 Å². The Morgan fingerprint density at radius 3 is 2.40 bits per heavy atom. The van der Waals surface area contributed by atoms with Gasteiger partial charge in [0.1, 0.15) is 11.5 Å². The van der Waals surface area contributed by atoms with E-state index in [0.29, 0.717) is 11.5 Å². The standard InChI is InChI=1S/C12H17NO6S/c1-18-9-4-5-10(11(8-9)19-2)13(20(3,16)17)7-6-12(14)15/h4-5,8H,6-7H2,1-3H3,(H,14,15).